The van der Waals surface area contributed by atoms with Crippen LogP contribution in [-0.2, 0) is 9.53 Å². The van der Waals surface area contributed by atoms with Crippen molar-refractivity contribution in [3.63, 3.8) is 0 Å². The summed E-state index contributed by atoms with van der Waals surface area (Å²) in [6, 6.07) is 0. The topological polar surface area (TPSA) is 64.7 Å². The molecule has 0 amide bonds. The standard InChI is InChI=1S/C10H16N2O3/c1-9(2,3)15-8(13)7-6-12(14)10(4,5)11-7/h6H,1-5H3. The van der Waals surface area contributed by atoms with Gasteiger partial charge in [-0.15, -0.1) is 0 Å². The third kappa shape index (κ3) is 2.78. The molecule has 0 bridgehead atoms. The quantitative estimate of drug-likeness (QED) is 0.371. The zero-order chi connectivity index (χ0) is 11.9. The molecular weight excluding hydrogens is 196 g/mol. The summed E-state index contributed by atoms with van der Waals surface area (Å²) in [5.74, 6) is -0.561. The fraction of sp³-hybridized carbons (Fsp3) is 0.700. The molecule has 0 fully saturated rings. The molecule has 1 heterocycles. The first-order valence-electron chi connectivity index (χ1n) is 4.76. The highest BCUT2D eigenvalue weighted by molar-refractivity contribution is 6.59. The fourth-order valence-electron chi connectivity index (χ4n) is 1.07. The highest BCUT2D eigenvalue weighted by Crippen LogP contribution is 2.16. The molecule has 0 atom stereocenters. The average molecular weight is 212 g/mol. The molecule has 0 radical (unpaired) electrons. The third-order valence-electron chi connectivity index (χ3n) is 1.78. The molecule has 0 unspecified atom stereocenters. The van der Waals surface area contributed by atoms with E-state index in [1.807, 2.05) is 0 Å². The van der Waals surface area contributed by atoms with Crippen LogP contribution in [0.3, 0.4) is 0 Å². The van der Waals surface area contributed by atoms with Crippen molar-refractivity contribution in [3.8, 4) is 0 Å². The van der Waals surface area contributed by atoms with Gasteiger partial charge in [0.1, 0.15) is 5.60 Å². The molecule has 0 aliphatic carbocycles. The van der Waals surface area contributed by atoms with Gasteiger partial charge in [-0.05, 0) is 20.8 Å². The first kappa shape index (κ1) is 11.7. The fourth-order valence-corrected chi connectivity index (χ4v) is 1.07. The number of ether oxygens (including phenoxy) is 1. The van der Waals surface area contributed by atoms with E-state index in [4.69, 9.17) is 4.74 Å². The van der Waals surface area contributed by atoms with Crippen molar-refractivity contribution in [2.24, 2.45) is 4.99 Å². The van der Waals surface area contributed by atoms with E-state index >= 15 is 0 Å². The van der Waals surface area contributed by atoms with Crippen LogP contribution in [0.15, 0.2) is 4.99 Å². The number of hydrogen-bond donors (Lipinski definition) is 0. The number of hydrogen-bond acceptors (Lipinski definition) is 4. The molecule has 0 saturated heterocycles. The van der Waals surface area contributed by atoms with Gasteiger partial charge in [-0.1, -0.05) is 0 Å². The summed E-state index contributed by atoms with van der Waals surface area (Å²) in [7, 11) is 0. The first-order valence-corrected chi connectivity index (χ1v) is 4.76. The van der Waals surface area contributed by atoms with E-state index in [9.17, 15) is 10.0 Å². The zero-order valence-electron chi connectivity index (χ0n) is 9.70. The van der Waals surface area contributed by atoms with E-state index in [1.165, 1.54) is 0 Å². The Hall–Kier alpha value is -1.39. The summed E-state index contributed by atoms with van der Waals surface area (Å²) >= 11 is 0. The molecule has 0 aromatic rings. The molecule has 1 rings (SSSR count). The average Bonchev–Trinajstić information content (AvgIpc) is 2.23. The Morgan fingerprint density at radius 3 is 2.40 bits per heavy atom. The molecule has 15 heavy (non-hydrogen) atoms. The van der Waals surface area contributed by atoms with Crippen molar-refractivity contribution in [2.45, 2.75) is 45.9 Å². The number of carbonyl (C=O) groups is 1. The van der Waals surface area contributed by atoms with Crippen LogP contribution in [-0.4, -0.2) is 33.9 Å². The Morgan fingerprint density at radius 1 is 1.53 bits per heavy atom. The van der Waals surface area contributed by atoms with Crippen LogP contribution in [0.2, 0.25) is 0 Å². The number of nitrogens with zero attached hydrogens (tertiary/aromatic N) is 2. The minimum absolute atomic E-state index is 0.0740. The van der Waals surface area contributed by atoms with E-state index in [0.717, 1.165) is 6.21 Å². The predicted octanol–water partition coefficient (Wildman–Crippen LogP) is 1.10. The zero-order valence-corrected chi connectivity index (χ0v) is 9.70. The number of esters is 1. The monoisotopic (exact) mass is 212 g/mol. The Kier molecular flexibility index (Phi) is 2.59. The lowest BCUT2D eigenvalue weighted by molar-refractivity contribution is -0.528. The second-order valence-electron chi connectivity index (χ2n) is 4.95. The van der Waals surface area contributed by atoms with E-state index in [0.29, 0.717) is 4.74 Å². The van der Waals surface area contributed by atoms with Crippen molar-refractivity contribution < 1.29 is 14.3 Å². The number of hydroxylamine groups is 1. The number of carbonyl (C=O) groups excluding carboxylic acids is 1. The van der Waals surface area contributed by atoms with Gasteiger partial charge in [0.25, 0.3) is 5.66 Å². The minimum atomic E-state index is -0.910. The molecular formula is C10H16N2O3. The Balaban J connectivity index is 2.81. The summed E-state index contributed by atoms with van der Waals surface area (Å²) < 4.78 is 5.74. The summed E-state index contributed by atoms with van der Waals surface area (Å²) in [4.78, 5) is 15.5. The second kappa shape index (κ2) is 3.32. The summed E-state index contributed by atoms with van der Waals surface area (Å²) in [5, 5.41) is 11.3. The van der Waals surface area contributed by atoms with Gasteiger partial charge >= 0.3 is 5.97 Å². The molecule has 5 heteroatoms. The minimum Gasteiger partial charge on any atom is -0.622 e. The van der Waals surface area contributed by atoms with Crippen molar-refractivity contribution in [2.75, 3.05) is 0 Å². The maximum absolute atomic E-state index is 11.5. The SMILES string of the molecule is CC(C)(C)OC(=O)C1=NC(C)(C)[N+]([O-])=C1. The highest BCUT2D eigenvalue weighted by atomic mass is 16.6. The normalized spacial score (nSPS) is 19.5. The van der Waals surface area contributed by atoms with Gasteiger partial charge in [-0.25, -0.2) is 9.79 Å². The van der Waals surface area contributed by atoms with E-state index in [2.05, 4.69) is 4.99 Å². The smallest absolute Gasteiger partial charge is 0.363 e. The molecule has 0 aromatic heterocycles. The van der Waals surface area contributed by atoms with Crippen LogP contribution in [0.25, 0.3) is 0 Å². The van der Waals surface area contributed by atoms with E-state index < -0.39 is 17.2 Å². The van der Waals surface area contributed by atoms with Gasteiger partial charge in [-0.3, -0.25) is 0 Å². The van der Waals surface area contributed by atoms with E-state index in [-0.39, 0.29) is 5.71 Å². The van der Waals surface area contributed by atoms with E-state index in [1.54, 1.807) is 34.6 Å². The van der Waals surface area contributed by atoms with Crippen LogP contribution in [0, 0.1) is 5.21 Å². The lowest BCUT2D eigenvalue weighted by atomic mass is 10.2. The maximum Gasteiger partial charge on any atom is 0.363 e. The van der Waals surface area contributed by atoms with Crippen molar-refractivity contribution in [1.29, 1.82) is 0 Å². The third-order valence-corrected chi connectivity index (χ3v) is 1.78. The number of rotatable bonds is 1. The van der Waals surface area contributed by atoms with Gasteiger partial charge in [-0.2, -0.15) is 4.74 Å². The van der Waals surface area contributed by atoms with Crippen LogP contribution >= 0.6 is 0 Å². The van der Waals surface area contributed by atoms with Crippen LogP contribution in [0.4, 0.5) is 0 Å². The summed E-state index contributed by atoms with van der Waals surface area (Å²) in [5.41, 5.74) is -1.41. The molecule has 0 aromatic carbocycles. The van der Waals surface area contributed by atoms with Gasteiger partial charge < -0.3 is 9.94 Å². The maximum atomic E-state index is 11.5. The molecule has 1 aliphatic rings. The summed E-state index contributed by atoms with van der Waals surface area (Å²) in [6.45, 7) is 8.56. The van der Waals surface area contributed by atoms with Crippen molar-refractivity contribution >= 4 is 17.9 Å². The molecule has 0 spiro atoms. The number of aliphatic imine (C=N–C) groups is 1. The Bertz CT molecular complexity index is 348. The lowest BCUT2D eigenvalue weighted by Crippen LogP contribution is -2.29. The highest BCUT2D eigenvalue weighted by Gasteiger charge is 2.36. The Labute approximate surface area is 89.0 Å². The van der Waals surface area contributed by atoms with Gasteiger partial charge in [0.2, 0.25) is 11.9 Å². The predicted molar refractivity (Wildman–Crippen MR) is 57.1 cm³/mol. The second-order valence-corrected chi connectivity index (χ2v) is 4.95. The molecule has 1 aliphatic heterocycles. The summed E-state index contributed by atoms with van der Waals surface area (Å²) in [6.07, 6.45) is 1.16. The van der Waals surface area contributed by atoms with Crippen LogP contribution in [0.5, 0.6) is 0 Å². The largest absolute Gasteiger partial charge is 0.622 e. The van der Waals surface area contributed by atoms with Gasteiger partial charge in [0, 0.05) is 13.8 Å². The molecule has 84 valence electrons. The van der Waals surface area contributed by atoms with Crippen LogP contribution < -0.4 is 0 Å². The van der Waals surface area contributed by atoms with Crippen molar-refractivity contribution in [1.82, 2.24) is 0 Å². The molecule has 0 N–H and O–H groups in total. The first-order chi connectivity index (χ1) is 6.62. The lowest BCUT2D eigenvalue weighted by Gasteiger charge is -2.18. The Morgan fingerprint density at radius 2 is 2.07 bits per heavy atom. The van der Waals surface area contributed by atoms with Gasteiger partial charge in [0.05, 0.1) is 0 Å². The molecule has 5 nitrogen and oxygen atoms in total. The van der Waals surface area contributed by atoms with Crippen LogP contribution in [0.1, 0.15) is 34.6 Å². The molecule has 0 saturated carbocycles. The van der Waals surface area contributed by atoms with Crippen molar-refractivity contribution in [3.05, 3.63) is 5.21 Å². The van der Waals surface area contributed by atoms with Gasteiger partial charge in [0.15, 0.2) is 0 Å².